The molecule has 0 saturated heterocycles. The Morgan fingerprint density at radius 1 is 0.784 bits per heavy atom. The monoisotopic (exact) mass is 636 g/mol. The SMILES string of the molecule is CCOS(=O)(=O)C(F)(F)F.CCSC(N(C)C)N(C)C.CN(C)C(=S)N(C)C.COS(=O)(=O)C(F)(F)F. The normalized spacial score (nSPS) is 12.1. The van der Waals surface area contributed by atoms with E-state index in [0.29, 0.717) is 12.6 Å². The van der Waals surface area contributed by atoms with Gasteiger partial charge in [0.15, 0.2) is 5.11 Å². The first-order valence-corrected chi connectivity index (χ1v) is 14.2. The second-order valence-electron chi connectivity index (χ2n) is 7.15. The van der Waals surface area contributed by atoms with Gasteiger partial charge in [0.05, 0.1) is 13.7 Å². The highest BCUT2D eigenvalue weighted by Gasteiger charge is 2.47. The molecule has 0 saturated carbocycles. The van der Waals surface area contributed by atoms with Crippen molar-refractivity contribution in [3.05, 3.63) is 0 Å². The van der Waals surface area contributed by atoms with Crippen LogP contribution in [0.3, 0.4) is 0 Å². The highest BCUT2D eigenvalue weighted by Crippen LogP contribution is 2.24. The molecule has 10 nitrogen and oxygen atoms in total. The van der Waals surface area contributed by atoms with Gasteiger partial charge in [-0.05, 0) is 53.1 Å². The van der Waals surface area contributed by atoms with E-state index in [1.807, 2.05) is 49.8 Å². The van der Waals surface area contributed by atoms with Crippen LogP contribution in [-0.2, 0) is 28.6 Å². The van der Waals surface area contributed by atoms with Crippen LogP contribution < -0.4 is 0 Å². The van der Waals surface area contributed by atoms with Crippen LogP contribution in [-0.4, -0.2) is 134 Å². The summed E-state index contributed by atoms with van der Waals surface area (Å²) < 4.78 is 113. The number of hydrogen-bond donors (Lipinski definition) is 0. The predicted molar refractivity (Wildman–Crippen MR) is 138 cm³/mol. The lowest BCUT2D eigenvalue weighted by molar-refractivity contribution is -0.0540. The molecular formula is C17H38F6N4O6S4. The lowest BCUT2D eigenvalue weighted by Gasteiger charge is -2.29. The minimum absolute atomic E-state index is 0.447. The first-order chi connectivity index (χ1) is 16.3. The summed E-state index contributed by atoms with van der Waals surface area (Å²) in [7, 11) is 5.91. The lowest BCUT2D eigenvalue weighted by atomic mass is 10.8. The Morgan fingerprint density at radius 2 is 1.11 bits per heavy atom. The molecule has 0 rings (SSSR count). The van der Waals surface area contributed by atoms with Crippen molar-refractivity contribution in [2.24, 2.45) is 0 Å². The second-order valence-corrected chi connectivity index (χ2v) is 12.2. The van der Waals surface area contributed by atoms with E-state index in [0.717, 1.165) is 12.0 Å². The van der Waals surface area contributed by atoms with E-state index < -0.39 is 37.9 Å². The second kappa shape index (κ2) is 19.4. The van der Waals surface area contributed by atoms with Gasteiger partial charge in [-0.15, -0.1) is 11.8 Å². The van der Waals surface area contributed by atoms with Crippen molar-refractivity contribution in [3.63, 3.8) is 0 Å². The van der Waals surface area contributed by atoms with Crippen LogP contribution in [0.2, 0.25) is 0 Å². The maximum Gasteiger partial charge on any atom is 0.523 e. The molecule has 0 aliphatic carbocycles. The number of halogens is 6. The molecule has 0 aliphatic heterocycles. The van der Waals surface area contributed by atoms with E-state index >= 15 is 0 Å². The fourth-order valence-electron chi connectivity index (χ4n) is 1.63. The summed E-state index contributed by atoms with van der Waals surface area (Å²) in [6.07, 6.45) is 0. The van der Waals surface area contributed by atoms with E-state index in [9.17, 15) is 43.2 Å². The van der Waals surface area contributed by atoms with Gasteiger partial charge in [-0.3, -0.25) is 18.2 Å². The molecule has 37 heavy (non-hydrogen) atoms. The largest absolute Gasteiger partial charge is 0.523 e. The van der Waals surface area contributed by atoms with E-state index in [1.54, 1.807) is 0 Å². The van der Waals surface area contributed by atoms with Crippen LogP contribution >= 0.6 is 24.0 Å². The van der Waals surface area contributed by atoms with Gasteiger partial charge in [-0.2, -0.15) is 43.2 Å². The summed E-state index contributed by atoms with van der Waals surface area (Å²) in [5.41, 5.74) is -10.1. The Labute approximate surface area is 226 Å². The number of nitrogens with zero attached hydrogens (tertiary/aromatic N) is 4. The Kier molecular flexibility index (Phi) is 22.8. The Hall–Kier alpha value is -0.640. The fourth-order valence-corrected chi connectivity index (χ4v) is 3.15. The predicted octanol–water partition coefficient (Wildman–Crippen LogP) is 2.90. The summed E-state index contributed by atoms with van der Waals surface area (Å²) >= 11 is 6.90. The Morgan fingerprint density at radius 3 is 1.16 bits per heavy atom. The molecule has 228 valence electrons. The van der Waals surface area contributed by atoms with Crippen molar-refractivity contribution in [1.29, 1.82) is 0 Å². The van der Waals surface area contributed by atoms with Crippen molar-refractivity contribution in [2.45, 2.75) is 30.4 Å². The van der Waals surface area contributed by atoms with Crippen molar-refractivity contribution in [1.82, 2.24) is 19.6 Å². The molecule has 0 aliphatic rings. The quantitative estimate of drug-likeness (QED) is 0.135. The molecule has 0 unspecified atom stereocenters. The maximum absolute atomic E-state index is 11.3. The zero-order valence-electron chi connectivity index (χ0n) is 22.6. The Bertz CT molecular complexity index is 803. The standard InChI is InChI=1S/C7H18N2S.C5H12N2S.C3H5F3O3S.C2H3F3O3S/c1-6-10-7(8(2)3)9(4)5;1-6(2)5(8)7(3)4;1-2-9-10(7,8)3(4,5)6;1-8-9(6,7)2(3,4)5/h7H,6H2,1-5H3;1-4H3;2H2,1H3;1H3. The van der Waals surface area contributed by atoms with Gasteiger partial charge in [0.25, 0.3) is 0 Å². The molecule has 20 heteroatoms. The average molecular weight is 637 g/mol. The number of alkyl halides is 6. The van der Waals surface area contributed by atoms with Crippen molar-refractivity contribution in [2.75, 3.05) is 75.9 Å². The van der Waals surface area contributed by atoms with Crippen LogP contribution in [0.5, 0.6) is 0 Å². The van der Waals surface area contributed by atoms with Gasteiger partial charge >= 0.3 is 31.3 Å². The highest BCUT2D eigenvalue weighted by molar-refractivity contribution is 7.99. The first kappa shape index (κ1) is 43.4. The van der Waals surface area contributed by atoms with Crippen LogP contribution in [0, 0.1) is 0 Å². The average Bonchev–Trinajstić information content (AvgIpc) is 2.70. The van der Waals surface area contributed by atoms with Crippen molar-refractivity contribution < 1.29 is 51.5 Å². The van der Waals surface area contributed by atoms with Gasteiger partial charge in [0.1, 0.15) is 5.50 Å². The summed E-state index contributed by atoms with van der Waals surface area (Å²) in [4.78, 5) is 8.23. The molecule has 0 aromatic heterocycles. The smallest absolute Gasteiger partial charge is 0.355 e. The third-order valence-electron chi connectivity index (χ3n) is 3.02. The van der Waals surface area contributed by atoms with E-state index in [-0.39, 0.29) is 0 Å². The van der Waals surface area contributed by atoms with Gasteiger partial charge in [0, 0.05) is 28.2 Å². The summed E-state index contributed by atoms with van der Waals surface area (Å²) in [5.74, 6) is 1.17. The summed E-state index contributed by atoms with van der Waals surface area (Å²) in [6.45, 7) is 2.83. The van der Waals surface area contributed by atoms with Gasteiger partial charge < -0.3 is 9.80 Å². The summed E-state index contributed by atoms with van der Waals surface area (Å²) in [6, 6.07) is 0. The minimum Gasteiger partial charge on any atom is -0.355 e. The van der Waals surface area contributed by atoms with E-state index in [4.69, 9.17) is 12.2 Å². The molecule has 0 heterocycles. The van der Waals surface area contributed by atoms with Gasteiger partial charge in [0.2, 0.25) is 0 Å². The van der Waals surface area contributed by atoms with Crippen molar-refractivity contribution in [3.8, 4) is 0 Å². The molecule has 0 fully saturated rings. The number of thioether (sulfide) groups is 1. The van der Waals surface area contributed by atoms with Crippen molar-refractivity contribution >= 4 is 49.3 Å². The third kappa shape index (κ3) is 20.9. The summed E-state index contributed by atoms with van der Waals surface area (Å²) in [5, 5.41) is 0.852. The first-order valence-electron chi connectivity index (χ1n) is 9.92. The zero-order chi connectivity index (χ0) is 31.0. The molecule has 0 aromatic rings. The van der Waals surface area contributed by atoms with E-state index in [1.165, 1.54) is 5.75 Å². The van der Waals surface area contributed by atoms with Crippen LogP contribution in [0.15, 0.2) is 0 Å². The molecule has 0 amide bonds. The molecule has 0 bridgehead atoms. The minimum atomic E-state index is -5.35. The number of rotatable bonds is 7. The molecule has 0 aromatic carbocycles. The third-order valence-corrected chi connectivity index (χ3v) is 7.35. The number of hydrogen-bond acceptors (Lipinski definition) is 10. The lowest BCUT2D eigenvalue weighted by Crippen LogP contribution is -2.37. The molecular weight excluding hydrogens is 598 g/mol. The van der Waals surface area contributed by atoms with Gasteiger partial charge in [-0.1, -0.05) is 6.92 Å². The molecule has 0 spiro atoms. The van der Waals surface area contributed by atoms with E-state index in [2.05, 4.69) is 53.3 Å². The topological polar surface area (TPSA) is 99.7 Å². The van der Waals surface area contributed by atoms with Gasteiger partial charge in [-0.25, -0.2) is 0 Å². The highest BCUT2D eigenvalue weighted by atomic mass is 32.2. The Balaban J connectivity index is -0.000000197. The maximum atomic E-state index is 11.3. The van der Waals surface area contributed by atoms with Crippen LogP contribution in [0.25, 0.3) is 0 Å². The van der Waals surface area contributed by atoms with Crippen LogP contribution in [0.1, 0.15) is 13.8 Å². The zero-order valence-corrected chi connectivity index (χ0v) is 25.9. The molecule has 0 N–H and O–H groups in total. The van der Waals surface area contributed by atoms with Crippen LogP contribution in [0.4, 0.5) is 26.3 Å². The molecule has 0 radical (unpaired) electrons. The number of thiocarbonyl (C=S) groups is 1. The molecule has 0 atom stereocenters. The fraction of sp³-hybridized carbons (Fsp3) is 0.941.